The van der Waals surface area contributed by atoms with Crippen LogP contribution in [0.15, 0.2) is 23.0 Å². The number of aryl methyl sites for hydroxylation is 2. The fourth-order valence-electron chi connectivity index (χ4n) is 5.07. The molecule has 0 radical (unpaired) electrons. The molecule has 8 nitrogen and oxygen atoms in total. The van der Waals surface area contributed by atoms with Crippen LogP contribution in [0.25, 0.3) is 22.2 Å². The van der Waals surface area contributed by atoms with Crippen molar-refractivity contribution in [2.75, 3.05) is 13.1 Å². The second kappa shape index (κ2) is 9.38. The van der Waals surface area contributed by atoms with Crippen LogP contribution in [-0.2, 0) is 26.4 Å². The standard InChI is InChI=1S/C23H26N4O4.2ClH/c1-26-15(11-27-6-5-14(24)10-27)7-13-8-17-12(9-18(13)26)3-2-4-16-20(17)25-22(29)19(21(16)28)23(30)31;;/h7-9,14H,2-6,10-11,24H2,1H3,(H,30,31)(H2,25,28,29);2*1H/t14-;;/m0../s1. The number of nitrogens with one attached hydrogen (secondary N) is 1. The van der Waals surface area contributed by atoms with Crippen LogP contribution in [0.2, 0.25) is 0 Å². The third-order valence-electron chi connectivity index (χ3n) is 6.71. The number of benzene rings is 1. The number of pyridine rings is 1. The first kappa shape index (κ1) is 25.1. The number of aromatic hydroxyl groups is 1. The van der Waals surface area contributed by atoms with E-state index in [1.54, 1.807) is 0 Å². The van der Waals surface area contributed by atoms with Crippen LogP contribution in [0.4, 0.5) is 0 Å². The van der Waals surface area contributed by atoms with Crippen molar-refractivity contribution in [1.29, 1.82) is 0 Å². The Morgan fingerprint density at radius 3 is 2.67 bits per heavy atom. The smallest absolute Gasteiger partial charge is 0.345 e. The first-order valence-electron chi connectivity index (χ1n) is 10.6. The Morgan fingerprint density at radius 1 is 1.24 bits per heavy atom. The van der Waals surface area contributed by atoms with Crippen molar-refractivity contribution in [1.82, 2.24) is 14.5 Å². The van der Waals surface area contributed by atoms with Gasteiger partial charge in [-0.1, -0.05) is 0 Å². The number of hydrogen-bond donors (Lipinski definition) is 4. The maximum atomic E-state index is 12.4. The van der Waals surface area contributed by atoms with Crippen LogP contribution in [-0.4, -0.2) is 49.8 Å². The minimum absolute atomic E-state index is 0. The Bertz CT molecular complexity index is 1280. The third-order valence-corrected chi connectivity index (χ3v) is 6.71. The van der Waals surface area contributed by atoms with Gasteiger partial charge in [0.25, 0.3) is 5.56 Å². The molecular weight excluding hydrogens is 467 g/mol. The maximum absolute atomic E-state index is 12.4. The number of aromatic amines is 1. The molecule has 0 amide bonds. The number of rotatable bonds is 3. The molecule has 0 bridgehead atoms. The zero-order valence-corrected chi connectivity index (χ0v) is 19.9. The molecule has 0 unspecified atom stereocenters. The third kappa shape index (κ3) is 4.24. The normalized spacial score (nSPS) is 17.6. The zero-order chi connectivity index (χ0) is 21.9. The van der Waals surface area contributed by atoms with Gasteiger partial charge >= 0.3 is 5.97 Å². The Balaban J connectivity index is 0.00000153. The number of aromatic nitrogens is 2. The van der Waals surface area contributed by atoms with Crippen molar-refractivity contribution in [2.24, 2.45) is 12.8 Å². The summed E-state index contributed by atoms with van der Waals surface area (Å²) in [6.45, 7) is 2.73. The molecular formula is C23H28Cl2N4O4. The van der Waals surface area contributed by atoms with Crippen molar-refractivity contribution in [3.8, 4) is 17.0 Å². The Morgan fingerprint density at radius 2 is 2.00 bits per heavy atom. The lowest BCUT2D eigenvalue weighted by molar-refractivity contribution is 0.0691. The first-order chi connectivity index (χ1) is 14.8. The SMILES string of the molecule is Cl.Cl.Cn1c(CN2CC[C@H](N)C2)cc2cc3c(cc21)CCCc1c-3[nH]c(=O)c(C(=O)O)c1O. The predicted octanol–water partition coefficient (Wildman–Crippen LogP) is 2.80. The molecule has 10 heteroatoms. The van der Waals surface area contributed by atoms with E-state index in [0.717, 1.165) is 60.9 Å². The Kier molecular flexibility index (Phi) is 7.14. The van der Waals surface area contributed by atoms with Crippen molar-refractivity contribution >= 4 is 41.7 Å². The van der Waals surface area contributed by atoms with Crippen molar-refractivity contribution in [3.05, 3.63) is 50.9 Å². The van der Waals surface area contributed by atoms with E-state index in [1.165, 1.54) is 5.69 Å². The number of nitrogens with two attached hydrogens (primary N) is 1. The molecule has 5 rings (SSSR count). The molecule has 3 heterocycles. The number of carboxylic acids is 1. The summed E-state index contributed by atoms with van der Waals surface area (Å²) in [5.41, 5.74) is 9.96. The largest absolute Gasteiger partial charge is 0.506 e. The molecule has 1 saturated heterocycles. The van der Waals surface area contributed by atoms with Gasteiger partial charge in [-0.05, 0) is 49.4 Å². The van der Waals surface area contributed by atoms with Gasteiger partial charge in [0.1, 0.15) is 5.75 Å². The molecule has 1 fully saturated rings. The fourth-order valence-corrected chi connectivity index (χ4v) is 5.07. The molecule has 0 spiro atoms. The summed E-state index contributed by atoms with van der Waals surface area (Å²) in [7, 11) is 2.07. The summed E-state index contributed by atoms with van der Waals surface area (Å²) in [4.78, 5) is 28.9. The monoisotopic (exact) mass is 494 g/mol. The van der Waals surface area contributed by atoms with E-state index >= 15 is 0 Å². The van der Waals surface area contributed by atoms with Gasteiger partial charge in [0.15, 0.2) is 5.56 Å². The van der Waals surface area contributed by atoms with E-state index in [-0.39, 0.29) is 30.9 Å². The van der Waals surface area contributed by atoms with E-state index in [2.05, 4.69) is 33.6 Å². The molecule has 0 saturated carbocycles. The van der Waals surface area contributed by atoms with E-state index in [1.807, 2.05) is 6.07 Å². The van der Waals surface area contributed by atoms with Crippen LogP contribution < -0.4 is 11.3 Å². The molecule has 1 aliphatic heterocycles. The highest BCUT2D eigenvalue weighted by Gasteiger charge is 2.26. The number of H-pyrrole nitrogens is 1. The molecule has 1 aliphatic carbocycles. The second-order valence-corrected chi connectivity index (χ2v) is 8.74. The molecule has 2 aliphatic rings. The summed E-state index contributed by atoms with van der Waals surface area (Å²) in [6.07, 6.45) is 3.06. The molecule has 178 valence electrons. The van der Waals surface area contributed by atoms with Crippen LogP contribution in [0.1, 0.15) is 40.0 Å². The molecule has 5 N–H and O–H groups in total. The number of carboxylic acid groups (broad SMARTS) is 1. The minimum Gasteiger partial charge on any atom is -0.506 e. The van der Waals surface area contributed by atoms with Crippen LogP contribution in [0, 0.1) is 0 Å². The van der Waals surface area contributed by atoms with Gasteiger partial charge in [-0.15, -0.1) is 24.8 Å². The second-order valence-electron chi connectivity index (χ2n) is 8.74. The van der Waals surface area contributed by atoms with Gasteiger partial charge in [-0.3, -0.25) is 9.69 Å². The molecule has 33 heavy (non-hydrogen) atoms. The summed E-state index contributed by atoms with van der Waals surface area (Å²) in [5.74, 6) is -1.84. The van der Waals surface area contributed by atoms with Crippen LogP contribution in [0.3, 0.4) is 0 Å². The predicted molar refractivity (Wildman–Crippen MR) is 132 cm³/mol. The quantitative estimate of drug-likeness (QED) is 0.443. The average molecular weight is 495 g/mol. The number of nitrogens with zero attached hydrogens (tertiary/aromatic N) is 2. The van der Waals surface area contributed by atoms with Crippen LogP contribution >= 0.6 is 24.8 Å². The lowest BCUT2D eigenvalue weighted by Gasteiger charge is -2.15. The summed E-state index contributed by atoms with van der Waals surface area (Å²) in [6, 6.07) is 6.60. The number of fused-ring (bicyclic) bond motifs is 4. The highest BCUT2D eigenvalue weighted by atomic mass is 35.5. The summed E-state index contributed by atoms with van der Waals surface area (Å²) >= 11 is 0. The minimum atomic E-state index is -1.42. The maximum Gasteiger partial charge on any atom is 0.345 e. The van der Waals surface area contributed by atoms with E-state index < -0.39 is 22.8 Å². The molecule has 1 aromatic carbocycles. The van der Waals surface area contributed by atoms with Gasteiger partial charge in [0.05, 0.1) is 5.69 Å². The molecule has 3 aromatic rings. The lowest BCUT2D eigenvalue weighted by atomic mass is 9.98. The van der Waals surface area contributed by atoms with E-state index in [4.69, 9.17) is 5.73 Å². The molecule has 1 atom stereocenters. The average Bonchev–Trinajstić information content (AvgIpc) is 3.19. The van der Waals surface area contributed by atoms with Gasteiger partial charge in [-0.2, -0.15) is 0 Å². The van der Waals surface area contributed by atoms with Gasteiger partial charge in [0, 0.05) is 60.4 Å². The first-order valence-corrected chi connectivity index (χ1v) is 10.6. The number of halogens is 2. The zero-order valence-electron chi connectivity index (χ0n) is 18.3. The van der Waals surface area contributed by atoms with Gasteiger partial charge < -0.3 is 25.5 Å². The summed E-state index contributed by atoms with van der Waals surface area (Å²) in [5, 5.41) is 20.9. The summed E-state index contributed by atoms with van der Waals surface area (Å²) < 4.78 is 2.21. The van der Waals surface area contributed by atoms with Gasteiger partial charge in [-0.25, -0.2) is 4.79 Å². The highest BCUT2D eigenvalue weighted by molar-refractivity contribution is 5.93. The lowest BCUT2D eigenvalue weighted by Crippen LogP contribution is -2.26. The molecule has 2 aromatic heterocycles. The van der Waals surface area contributed by atoms with E-state index in [9.17, 15) is 19.8 Å². The number of likely N-dealkylation sites (tertiary alicyclic amines) is 1. The van der Waals surface area contributed by atoms with Crippen molar-refractivity contribution in [3.63, 3.8) is 0 Å². The highest BCUT2D eigenvalue weighted by Crippen LogP contribution is 2.38. The Hall–Kier alpha value is -2.52. The van der Waals surface area contributed by atoms with Crippen molar-refractivity contribution < 1.29 is 15.0 Å². The van der Waals surface area contributed by atoms with Gasteiger partial charge in [0.2, 0.25) is 0 Å². The number of aromatic carboxylic acids is 1. The van der Waals surface area contributed by atoms with Crippen molar-refractivity contribution in [2.45, 2.75) is 38.3 Å². The van der Waals surface area contributed by atoms with E-state index in [0.29, 0.717) is 17.7 Å². The fraction of sp³-hybridized carbons (Fsp3) is 0.391. The topological polar surface area (TPSA) is 125 Å². The van der Waals surface area contributed by atoms with Crippen LogP contribution in [0.5, 0.6) is 5.75 Å². The Labute approximate surface area is 203 Å². The number of hydrogen-bond acceptors (Lipinski definition) is 5. The number of carbonyl (C=O) groups is 1.